The third-order valence-corrected chi connectivity index (χ3v) is 4.33. The molecule has 0 saturated heterocycles. The second kappa shape index (κ2) is 6.44. The average Bonchev–Trinajstić information content (AvgIpc) is 3.04. The van der Waals surface area contributed by atoms with Crippen LogP contribution in [-0.4, -0.2) is 21.6 Å². The summed E-state index contributed by atoms with van der Waals surface area (Å²) >= 11 is 4.64. The van der Waals surface area contributed by atoms with Gasteiger partial charge in [0, 0.05) is 21.6 Å². The molecule has 1 unspecified atom stereocenters. The van der Waals surface area contributed by atoms with Gasteiger partial charge in [-0.05, 0) is 47.3 Å². The Bertz CT molecular complexity index is 649. The molecule has 1 atom stereocenters. The van der Waals surface area contributed by atoms with Crippen LogP contribution >= 0.6 is 27.3 Å². The van der Waals surface area contributed by atoms with E-state index in [0.29, 0.717) is 10.6 Å². The summed E-state index contributed by atoms with van der Waals surface area (Å²) in [4.78, 5) is 24.3. The molecule has 0 saturated carbocycles. The second-order valence-electron chi connectivity index (χ2n) is 4.80. The monoisotopic (exact) mass is 370 g/mol. The van der Waals surface area contributed by atoms with E-state index in [0.717, 1.165) is 4.47 Å². The molecule has 5 nitrogen and oxygen atoms in total. The van der Waals surface area contributed by atoms with Gasteiger partial charge in [-0.25, -0.2) is 4.79 Å². The van der Waals surface area contributed by atoms with Gasteiger partial charge in [-0.2, -0.15) is 0 Å². The SMILES string of the molecule is CC(C)n1cc(Br)cc1C(=O)NC(C(=O)O)c1cccs1. The predicted octanol–water partition coefficient (Wildman–Crippen LogP) is 3.45. The van der Waals surface area contributed by atoms with Crippen LogP contribution in [0.15, 0.2) is 34.2 Å². The van der Waals surface area contributed by atoms with Crippen LogP contribution in [0, 0.1) is 0 Å². The molecule has 2 aromatic heterocycles. The number of carbonyl (C=O) groups excluding carboxylic acids is 1. The largest absolute Gasteiger partial charge is 0.479 e. The normalized spacial score (nSPS) is 12.4. The second-order valence-corrected chi connectivity index (χ2v) is 6.70. The molecule has 112 valence electrons. The van der Waals surface area contributed by atoms with E-state index < -0.39 is 17.9 Å². The molecule has 21 heavy (non-hydrogen) atoms. The first kappa shape index (κ1) is 15.8. The number of carbonyl (C=O) groups is 2. The van der Waals surface area contributed by atoms with E-state index in [-0.39, 0.29) is 6.04 Å². The highest BCUT2D eigenvalue weighted by Gasteiger charge is 2.25. The topological polar surface area (TPSA) is 71.3 Å². The molecule has 1 amide bonds. The molecule has 0 bridgehead atoms. The first-order chi connectivity index (χ1) is 9.90. The van der Waals surface area contributed by atoms with Crippen LogP contribution < -0.4 is 5.32 Å². The van der Waals surface area contributed by atoms with Crippen LogP contribution in [0.2, 0.25) is 0 Å². The van der Waals surface area contributed by atoms with Crippen molar-refractivity contribution in [2.75, 3.05) is 0 Å². The molecule has 2 heterocycles. The number of hydrogen-bond donors (Lipinski definition) is 2. The lowest BCUT2D eigenvalue weighted by Gasteiger charge is -2.16. The van der Waals surface area contributed by atoms with E-state index in [2.05, 4.69) is 21.2 Å². The number of rotatable bonds is 5. The molecule has 0 fully saturated rings. The fourth-order valence-corrected chi connectivity index (χ4v) is 3.17. The van der Waals surface area contributed by atoms with Crippen molar-refractivity contribution in [3.8, 4) is 0 Å². The molecule has 0 radical (unpaired) electrons. The minimum atomic E-state index is -1.08. The Hall–Kier alpha value is -1.60. The quantitative estimate of drug-likeness (QED) is 0.846. The van der Waals surface area contributed by atoms with Gasteiger partial charge in [0.2, 0.25) is 0 Å². The van der Waals surface area contributed by atoms with Crippen molar-refractivity contribution in [3.05, 3.63) is 44.8 Å². The van der Waals surface area contributed by atoms with Crippen LogP contribution in [0.5, 0.6) is 0 Å². The Morgan fingerprint density at radius 1 is 1.43 bits per heavy atom. The number of hydrogen-bond acceptors (Lipinski definition) is 3. The van der Waals surface area contributed by atoms with E-state index in [9.17, 15) is 14.7 Å². The van der Waals surface area contributed by atoms with E-state index in [1.165, 1.54) is 11.3 Å². The smallest absolute Gasteiger partial charge is 0.331 e. The van der Waals surface area contributed by atoms with Gasteiger partial charge in [-0.1, -0.05) is 6.07 Å². The minimum Gasteiger partial charge on any atom is -0.479 e. The number of amides is 1. The molecule has 0 aliphatic rings. The van der Waals surface area contributed by atoms with Gasteiger partial charge >= 0.3 is 5.97 Å². The number of aromatic nitrogens is 1. The summed E-state index contributed by atoms with van der Waals surface area (Å²) in [6.07, 6.45) is 1.81. The molecule has 0 aliphatic carbocycles. The summed E-state index contributed by atoms with van der Waals surface area (Å²) in [5.74, 6) is -1.48. The zero-order valence-corrected chi connectivity index (χ0v) is 13.9. The molecule has 2 aromatic rings. The number of nitrogens with one attached hydrogen (secondary N) is 1. The molecule has 0 aromatic carbocycles. The standard InChI is InChI=1S/C14H15BrN2O3S/c1-8(2)17-7-9(15)6-10(17)13(18)16-12(14(19)20)11-4-3-5-21-11/h3-8,12H,1-2H3,(H,16,18)(H,19,20). The van der Waals surface area contributed by atoms with Gasteiger partial charge in [-0.3, -0.25) is 4.79 Å². The summed E-state index contributed by atoms with van der Waals surface area (Å²) in [7, 11) is 0. The van der Waals surface area contributed by atoms with Crippen LogP contribution in [0.4, 0.5) is 0 Å². The molecule has 0 aliphatic heterocycles. The summed E-state index contributed by atoms with van der Waals surface area (Å²) < 4.78 is 2.58. The van der Waals surface area contributed by atoms with Crippen molar-refractivity contribution in [1.82, 2.24) is 9.88 Å². The lowest BCUT2D eigenvalue weighted by Crippen LogP contribution is -2.34. The van der Waals surface area contributed by atoms with Crippen LogP contribution in [0.25, 0.3) is 0 Å². The van der Waals surface area contributed by atoms with E-state index in [1.54, 1.807) is 34.3 Å². The number of halogens is 1. The van der Waals surface area contributed by atoms with E-state index >= 15 is 0 Å². The number of carboxylic acid groups (broad SMARTS) is 1. The third-order valence-electron chi connectivity index (χ3n) is 2.95. The fraction of sp³-hybridized carbons (Fsp3) is 0.286. The highest BCUT2D eigenvalue weighted by Crippen LogP contribution is 2.22. The maximum atomic E-state index is 12.4. The zero-order valence-electron chi connectivity index (χ0n) is 11.5. The number of nitrogens with zero attached hydrogens (tertiary/aromatic N) is 1. The fourth-order valence-electron chi connectivity index (χ4n) is 1.97. The van der Waals surface area contributed by atoms with Crippen LogP contribution in [0.1, 0.15) is 41.3 Å². The Labute approximate surface area is 134 Å². The van der Waals surface area contributed by atoms with Crippen molar-refractivity contribution in [1.29, 1.82) is 0 Å². The van der Waals surface area contributed by atoms with Gasteiger partial charge in [0.25, 0.3) is 5.91 Å². The number of aliphatic carboxylic acids is 1. The average molecular weight is 371 g/mol. The third kappa shape index (κ3) is 3.54. The highest BCUT2D eigenvalue weighted by atomic mass is 79.9. The zero-order chi connectivity index (χ0) is 15.6. The molecule has 2 N–H and O–H groups in total. The summed E-state index contributed by atoms with van der Waals surface area (Å²) in [6.45, 7) is 3.91. The maximum absolute atomic E-state index is 12.4. The Kier molecular flexibility index (Phi) is 4.84. The van der Waals surface area contributed by atoms with Gasteiger partial charge < -0.3 is 15.0 Å². The van der Waals surface area contributed by atoms with Crippen LogP contribution in [0.3, 0.4) is 0 Å². The Morgan fingerprint density at radius 3 is 2.67 bits per heavy atom. The van der Waals surface area contributed by atoms with Crippen molar-refractivity contribution < 1.29 is 14.7 Å². The van der Waals surface area contributed by atoms with Gasteiger partial charge in [-0.15, -0.1) is 11.3 Å². The molecule has 7 heteroatoms. The van der Waals surface area contributed by atoms with Gasteiger partial charge in [0.1, 0.15) is 5.69 Å². The molecule has 0 spiro atoms. The number of thiophene rings is 1. The summed E-state index contributed by atoms with van der Waals surface area (Å²) in [6, 6.07) is 4.20. The Morgan fingerprint density at radius 2 is 2.14 bits per heavy atom. The van der Waals surface area contributed by atoms with Crippen molar-refractivity contribution in [3.63, 3.8) is 0 Å². The van der Waals surface area contributed by atoms with Gasteiger partial charge in [0.15, 0.2) is 6.04 Å². The molecule has 2 rings (SSSR count). The molecular weight excluding hydrogens is 356 g/mol. The van der Waals surface area contributed by atoms with Gasteiger partial charge in [0.05, 0.1) is 0 Å². The maximum Gasteiger partial charge on any atom is 0.331 e. The van der Waals surface area contributed by atoms with E-state index in [1.807, 2.05) is 13.8 Å². The van der Waals surface area contributed by atoms with Crippen molar-refractivity contribution in [2.24, 2.45) is 0 Å². The molecular formula is C14H15BrN2O3S. The minimum absolute atomic E-state index is 0.0991. The van der Waals surface area contributed by atoms with Crippen LogP contribution in [-0.2, 0) is 4.79 Å². The predicted molar refractivity (Wildman–Crippen MR) is 84.7 cm³/mol. The lowest BCUT2D eigenvalue weighted by molar-refractivity contribution is -0.139. The highest BCUT2D eigenvalue weighted by molar-refractivity contribution is 9.10. The van der Waals surface area contributed by atoms with Crippen molar-refractivity contribution in [2.45, 2.75) is 25.9 Å². The lowest BCUT2D eigenvalue weighted by atomic mass is 10.2. The Balaban J connectivity index is 2.26. The number of carboxylic acids is 1. The summed E-state index contributed by atoms with van der Waals surface area (Å²) in [5.41, 5.74) is 0.430. The first-order valence-corrected chi connectivity index (χ1v) is 8.02. The van der Waals surface area contributed by atoms with Crippen molar-refractivity contribution >= 4 is 39.1 Å². The van der Waals surface area contributed by atoms with E-state index in [4.69, 9.17) is 0 Å². The summed E-state index contributed by atoms with van der Waals surface area (Å²) in [5, 5.41) is 13.7. The first-order valence-electron chi connectivity index (χ1n) is 6.34.